The van der Waals surface area contributed by atoms with Crippen LogP contribution in [0.1, 0.15) is 26.3 Å². The number of esters is 1. The molecule has 0 unspecified atom stereocenters. The summed E-state index contributed by atoms with van der Waals surface area (Å²) in [6, 6.07) is 3.98. The number of carbonyl (C=O) groups excluding carboxylic acids is 1. The molecule has 4 nitrogen and oxygen atoms in total. The lowest BCUT2D eigenvalue weighted by atomic mass is 10.0. The largest absolute Gasteiger partial charge is 0.465 e. The molecule has 0 aliphatic carbocycles. The average molecular weight is 250 g/mol. The lowest BCUT2D eigenvalue weighted by Gasteiger charge is -2.33. The number of ether oxygens (including phenoxy) is 1. The Morgan fingerprint density at radius 1 is 1.39 bits per heavy atom. The molecule has 4 heteroatoms. The van der Waals surface area contributed by atoms with Crippen molar-refractivity contribution in [2.24, 2.45) is 0 Å². The van der Waals surface area contributed by atoms with Gasteiger partial charge in [0.25, 0.3) is 0 Å². The van der Waals surface area contributed by atoms with Crippen molar-refractivity contribution in [2.45, 2.75) is 32.7 Å². The van der Waals surface area contributed by atoms with Gasteiger partial charge < -0.3 is 4.74 Å². The van der Waals surface area contributed by atoms with Crippen LogP contribution in [0.25, 0.3) is 0 Å². The Labute approximate surface area is 109 Å². The van der Waals surface area contributed by atoms with Gasteiger partial charge in [-0.25, -0.2) is 0 Å². The first-order chi connectivity index (χ1) is 8.48. The maximum Gasteiger partial charge on any atom is 0.325 e. The molecule has 0 saturated carbocycles. The summed E-state index contributed by atoms with van der Waals surface area (Å²) in [5.74, 6) is -0.178. The minimum Gasteiger partial charge on any atom is -0.465 e. The Hall–Kier alpha value is -1.42. The number of likely N-dealkylation sites (N-methyl/N-ethyl adjacent to an activating group) is 1. The van der Waals surface area contributed by atoms with E-state index < -0.39 is 5.54 Å². The maximum atomic E-state index is 11.8. The SMILES string of the molecule is CCOC(=O)C(C)(C)N(C)CCc1ccncc1. The Kier molecular flexibility index (Phi) is 5.28. The van der Waals surface area contributed by atoms with Crippen molar-refractivity contribution in [3.05, 3.63) is 30.1 Å². The fourth-order valence-electron chi connectivity index (χ4n) is 1.59. The van der Waals surface area contributed by atoms with Crippen molar-refractivity contribution in [3.8, 4) is 0 Å². The fourth-order valence-corrected chi connectivity index (χ4v) is 1.59. The van der Waals surface area contributed by atoms with Gasteiger partial charge in [-0.05, 0) is 51.9 Å². The molecule has 0 amide bonds. The van der Waals surface area contributed by atoms with Gasteiger partial charge in [-0.15, -0.1) is 0 Å². The second-order valence-electron chi connectivity index (χ2n) is 4.81. The quantitative estimate of drug-likeness (QED) is 0.723. The van der Waals surface area contributed by atoms with E-state index in [1.165, 1.54) is 5.56 Å². The first kappa shape index (κ1) is 14.6. The molecule has 0 N–H and O–H groups in total. The van der Waals surface area contributed by atoms with E-state index in [9.17, 15) is 4.79 Å². The van der Waals surface area contributed by atoms with Gasteiger partial charge in [0.2, 0.25) is 0 Å². The van der Waals surface area contributed by atoms with Crippen molar-refractivity contribution in [1.82, 2.24) is 9.88 Å². The second-order valence-corrected chi connectivity index (χ2v) is 4.81. The van der Waals surface area contributed by atoms with Crippen molar-refractivity contribution in [1.29, 1.82) is 0 Å². The summed E-state index contributed by atoms with van der Waals surface area (Å²) < 4.78 is 5.09. The Balaban J connectivity index is 2.54. The van der Waals surface area contributed by atoms with Crippen LogP contribution in [0.15, 0.2) is 24.5 Å². The monoisotopic (exact) mass is 250 g/mol. The standard InChI is InChI=1S/C14H22N2O2/c1-5-18-13(17)14(2,3)16(4)11-8-12-6-9-15-10-7-12/h6-7,9-10H,5,8,11H2,1-4H3. The van der Waals surface area contributed by atoms with Crippen LogP contribution < -0.4 is 0 Å². The van der Waals surface area contributed by atoms with E-state index in [1.54, 1.807) is 12.4 Å². The van der Waals surface area contributed by atoms with Gasteiger partial charge in [0.1, 0.15) is 5.54 Å². The Morgan fingerprint density at radius 3 is 2.56 bits per heavy atom. The lowest BCUT2D eigenvalue weighted by Crippen LogP contribution is -2.49. The van der Waals surface area contributed by atoms with Crippen LogP contribution in [0.4, 0.5) is 0 Å². The first-order valence-corrected chi connectivity index (χ1v) is 6.26. The molecule has 100 valence electrons. The van der Waals surface area contributed by atoms with Gasteiger partial charge in [-0.1, -0.05) is 0 Å². The number of pyridine rings is 1. The third kappa shape index (κ3) is 3.81. The molecule has 0 aliphatic heterocycles. The molecule has 0 aliphatic rings. The number of nitrogens with zero attached hydrogens (tertiary/aromatic N) is 2. The van der Waals surface area contributed by atoms with E-state index in [4.69, 9.17) is 4.74 Å². The molecule has 1 rings (SSSR count). The Morgan fingerprint density at radius 2 is 2.00 bits per heavy atom. The second kappa shape index (κ2) is 6.50. The van der Waals surface area contributed by atoms with E-state index in [-0.39, 0.29) is 5.97 Å². The summed E-state index contributed by atoms with van der Waals surface area (Å²) in [4.78, 5) is 17.8. The van der Waals surface area contributed by atoms with Crippen LogP contribution >= 0.6 is 0 Å². The van der Waals surface area contributed by atoms with Crippen LogP contribution in [0, 0.1) is 0 Å². The minimum absolute atomic E-state index is 0.178. The molecule has 1 heterocycles. The maximum absolute atomic E-state index is 11.8. The normalized spacial score (nSPS) is 11.6. The van der Waals surface area contributed by atoms with E-state index in [2.05, 4.69) is 4.98 Å². The molecule has 0 fully saturated rings. The third-order valence-electron chi connectivity index (χ3n) is 3.21. The van der Waals surface area contributed by atoms with E-state index in [0.717, 1.165) is 13.0 Å². The van der Waals surface area contributed by atoms with Crippen molar-refractivity contribution < 1.29 is 9.53 Å². The highest BCUT2D eigenvalue weighted by Crippen LogP contribution is 2.15. The molecule has 0 radical (unpaired) electrons. The predicted octanol–water partition coefficient (Wildman–Crippen LogP) is 1.90. The van der Waals surface area contributed by atoms with E-state index in [0.29, 0.717) is 6.61 Å². The lowest BCUT2D eigenvalue weighted by molar-refractivity contribution is -0.154. The molecule has 0 saturated heterocycles. The van der Waals surface area contributed by atoms with Crippen molar-refractivity contribution >= 4 is 5.97 Å². The summed E-state index contributed by atoms with van der Waals surface area (Å²) in [7, 11) is 1.94. The van der Waals surface area contributed by atoms with Gasteiger partial charge in [0, 0.05) is 18.9 Å². The summed E-state index contributed by atoms with van der Waals surface area (Å²) >= 11 is 0. The average Bonchev–Trinajstić information content (AvgIpc) is 2.37. The number of hydrogen-bond acceptors (Lipinski definition) is 4. The molecule has 0 bridgehead atoms. The number of rotatable bonds is 6. The molecular weight excluding hydrogens is 228 g/mol. The first-order valence-electron chi connectivity index (χ1n) is 6.26. The zero-order chi connectivity index (χ0) is 13.6. The highest BCUT2D eigenvalue weighted by Gasteiger charge is 2.33. The molecule has 0 spiro atoms. The highest BCUT2D eigenvalue weighted by atomic mass is 16.5. The van der Waals surface area contributed by atoms with Crippen LogP contribution in [0.5, 0.6) is 0 Å². The predicted molar refractivity (Wildman–Crippen MR) is 71.3 cm³/mol. The summed E-state index contributed by atoms with van der Waals surface area (Å²) in [5.41, 5.74) is 0.625. The number of carbonyl (C=O) groups is 1. The van der Waals surface area contributed by atoms with Gasteiger partial charge >= 0.3 is 5.97 Å². The van der Waals surface area contributed by atoms with Gasteiger partial charge in [0.05, 0.1) is 6.61 Å². The highest BCUT2D eigenvalue weighted by molar-refractivity contribution is 5.79. The molecule has 1 aromatic heterocycles. The minimum atomic E-state index is -0.594. The van der Waals surface area contributed by atoms with Crippen LogP contribution in [0.2, 0.25) is 0 Å². The fraction of sp³-hybridized carbons (Fsp3) is 0.571. The molecule has 18 heavy (non-hydrogen) atoms. The van der Waals surface area contributed by atoms with Crippen LogP contribution in [0.3, 0.4) is 0 Å². The van der Waals surface area contributed by atoms with Crippen LogP contribution in [-0.4, -0.2) is 41.6 Å². The van der Waals surface area contributed by atoms with Gasteiger partial charge in [-0.2, -0.15) is 0 Å². The topological polar surface area (TPSA) is 42.4 Å². The van der Waals surface area contributed by atoms with Crippen molar-refractivity contribution in [2.75, 3.05) is 20.2 Å². The number of aromatic nitrogens is 1. The van der Waals surface area contributed by atoms with Gasteiger partial charge in [0.15, 0.2) is 0 Å². The summed E-state index contributed by atoms with van der Waals surface area (Å²) in [5, 5.41) is 0. The van der Waals surface area contributed by atoms with Crippen LogP contribution in [-0.2, 0) is 16.0 Å². The summed E-state index contributed by atoms with van der Waals surface area (Å²) in [6.07, 6.45) is 4.46. The zero-order valence-corrected chi connectivity index (χ0v) is 11.6. The molecule has 1 aromatic rings. The Bertz CT molecular complexity index is 377. The molecular formula is C14H22N2O2. The molecule has 0 aromatic carbocycles. The van der Waals surface area contributed by atoms with Gasteiger partial charge in [-0.3, -0.25) is 14.7 Å². The number of hydrogen-bond donors (Lipinski definition) is 0. The van der Waals surface area contributed by atoms with E-state index in [1.807, 2.05) is 44.9 Å². The smallest absolute Gasteiger partial charge is 0.325 e. The third-order valence-corrected chi connectivity index (χ3v) is 3.21. The zero-order valence-electron chi connectivity index (χ0n) is 11.6. The molecule has 0 atom stereocenters. The summed E-state index contributed by atoms with van der Waals surface area (Å²) in [6.45, 7) is 6.82. The van der Waals surface area contributed by atoms with Crippen molar-refractivity contribution in [3.63, 3.8) is 0 Å². The van der Waals surface area contributed by atoms with E-state index >= 15 is 0 Å².